The minimum atomic E-state index is -0.725. The van der Waals surface area contributed by atoms with Crippen molar-refractivity contribution in [2.75, 3.05) is 36.5 Å². The molecule has 0 aromatic heterocycles. The van der Waals surface area contributed by atoms with Crippen LogP contribution in [0.4, 0.5) is 11.4 Å². The van der Waals surface area contributed by atoms with Gasteiger partial charge < -0.3 is 24.4 Å². The maximum absolute atomic E-state index is 11.2. The molecule has 6 nitrogen and oxygen atoms in total. The van der Waals surface area contributed by atoms with Gasteiger partial charge in [0.05, 0.1) is 13.5 Å². The number of hydrogen-bond donors (Lipinski definition) is 1. The van der Waals surface area contributed by atoms with Crippen LogP contribution in [0, 0.1) is 0 Å². The van der Waals surface area contributed by atoms with Crippen LogP contribution in [0.25, 0.3) is 0 Å². The maximum atomic E-state index is 11.2. The highest BCUT2D eigenvalue weighted by molar-refractivity contribution is 5.69. The molecule has 0 amide bonds. The Hall–Kier alpha value is -2.89. The van der Waals surface area contributed by atoms with Crippen LogP contribution in [-0.2, 0) is 4.79 Å². The number of piperidine rings is 1. The van der Waals surface area contributed by atoms with E-state index in [4.69, 9.17) is 9.47 Å². The molecule has 2 aromatic carbocycles. The van der Waals surface area contributed by atoms with Gasteiger partial charge in [0, 0.05) is 56.0 Å². The average Bonchev–Trinajstić information content (AvgIpc) is 3.57. The Morgan fingerprint density at radius 3 is 2.31 bits per heavy atom. The topological polar surface area (TPSA) is 62.2 Å². The normalized spacial score (nSPS) is 21.5. The molecule has 0 spiro atoms. The Balaban J connectivity index is 1.19. The number of carboxylic acids is 1. The quantitative estimate of drug-likeness (QED) is 0.514. The second kappa shape index (κ2) is 10.8. The third-order valence-corrected chi connectivity index (χ3v) is 8.07. The highest BCUT2D eigenvalue weighted by atomic mass is 16.5. The van der Waals surface area contributed by atoms with Crippen molar-refractivity contribution in [3.05, 3.63) is 48.0 Å². The Morgan fingerprint density at radius 1 is 0.914 bits per heavy atom. The minimum absolute atomic E-state index is 0.0920. The second-order valence-corrected chi connectivity index (χ2v) is 10.3. The van der Waals surface area contributed by atoms with Gasteiger partial charge in [-0.05, 0) is 67.5 Å². The van der Waals surface area contributed by atoms with E-state index in [0.29, 0.717) is 5.92 Å². The van der Waals surface area contributed by atoms with Crippen molar-refractivity contribution < 1.29 is 19.4 Å². The fourth-order valence-corrected chi connectivity index (χ4v) is 6.22. The second-order valence-electron chi connectivity index (χ2n) is 10.3. The lowest BCUT2D eigenvalue weighted by molar-refractivity contribution is -0.137. The number of benzene rings is 2. The maximum Gasteiger partial charge on any atom is 0.305 e. The van der Waals surface area contributed by atoms with Gasteiger partial charge in [-0.2, -0.15) is 0 Å². The van der Waals surface area contributed by atoms with Gasteiger partial charge in [-0.15, -0.1) is 0 Å². The number of aliphatic carboxylic acids is 1. The highest BCUT2D eigenvalue weighted by Crippen LogP contribution is 2.41. The van der Waals surface area contributed by atoms with E-state index in [0.717, 1.165) is 62.5 Å². The number of nitrogens with zero attached hydrogens (tertiary/aromatic N) is 2. The van der Waals surface area contributed by atoms with E-state index >= 15 is 0 Å². The largest absolute Gasteiger partial charge is 0.497 e. The van der Waals surface area contributed by atoms with Crippen molar-refractivity contribution in [2.24, 2.45) is 0 Å². The summed E-state index contributed by atoms with van der Waals surface area (Å²) in [4.78, 5) is 15.9. The number of carbonyl (C=O) groups is 1. The van der Waals surface area contributed by atoms with Gasteiger partial charge in [-0.25, -0.2) is 0 Å². The van der Waals surface area contributed by atoms with E-state index in [1.165, 1.54) is 36.9 Å². The Labute approximate surface area is 208 Å². The van der Waals surface area contributed by atoms with Crippen LogP contribution >= 0.6 is 0 Å². The van der Waals surface area contributed by atoms with Crippen LogP contribution in [0.15, 0.2) is 42.5 Å². The number of rotatable bonds is 8. The molecule has 3 fully saturated rings. The molecule has 2 aromatic rings. The van der Waals surface area contributed by atoms with E-state index in [1.807, 2.05) is 12.1 Å². The van der Waals surface area contributed by atoms with Gasteiger partial charge in [0.25, 0.3) is 0 Å². The number of ether oxygens (including phenoxy) is 2. The van der Waals surface area contributed by atoms with E-state index < -0.39 is 5.97 Å². The van der Waals surface area contributed by atoms with Gasteiger partial charge in [-0.1, -0.05) is 18.9 Å². The third kappa shape index (κ3) is 5.52. The van der Waals surface area contributed by atoms with Crippen LogP contribution in [0.2, 0.25) is 0 Å². The first kappa shape index (κ1) is 23.8. The summed E-state index contributed by atoms with van der Waals surface area (Å²) in [5.41, 5.74) is 3.93. The number of hydrogen-bond acceptors (Lipinski definition) is 5. The molecule has 0 bridgehead atoms. The molecule has 3 aliphatic rings. The number of carboxylic acid groups (broad SMARTS) is 1. The molecule has 0 radical (unpaired) electrons. The minimum Gasteiger partial charge on any atom is -0.497 e. The van der Waals surface area contributed by atoms with E-state index in [1.54, 1.807) is 7.11 Å². The molecule has 6 heteroatoms. The van der Waals surface area contributed by atoms with Crippen molar-refractivity contribution >= 4 is 17.3 Å². The summed E-state index contributed by atoms with van der Waals surface area (Å²) in [6.45, 7) is 2.89. The SMILES string of the molecule is COc1ccc(C2CCCC2)c(N2CCC(Oc3ccc(N4CCCC4CC(=O)O)cc3)CC2)c1. The van der Waals surface area contributed by atoms with Crippen LogP contribution < -0.4 is 19.3 Å². The van der Waals surface area contributed by atoms with Crippen LogP contribution in [-0.4, -0.2) is 50.0 Å². The predicted octanol–water partition coefficient (Wildman–Crippen LogP) is 5.84. The van der Waals surface area contributed by atoms with Crippen molar-refractivity contribution in [2.45, 2.75) is 75.9 Å². The molecular formula is C29H38N2O4. The molecule has 188 valence electrons. The zero-order chi connectivity index (χ0) is 24.2. The molecule has 1 atom stereocenters. The summed E-state index contributed by atoms with van der Waals surface area (Å²) >= 11 is 0. The molecule has 2 heterocycles. The summed E-state index contributed by atoms with van der Waals surface area (Å²) in [6.07, 6.45) is 9.66. The first-order valence-electron chi connectivity index (χ1n) is 13.3. The summed E-state index contributed by atoms with van der Waals surface area (Å²) in [5.74, 6) is 1.78. The number of methoxy groups -OCH3 is 1. The van der Waals surface area contributed by atoms with Crippen molar-refractivity contribution in [3.8, 4) is 11.5 Å². The predicted molar refractivity (Wildman–Crippen MR) is 139 cm³/mol. The van der Waals surface area contributed by atoms with Crippen molar-refractivity contribution in [3.63, 3.8) is 0 Å². The lowest BCUT2D eigenvalue weighted by Crippen LogP contribution is -2.38. The van der Waals surface area contributed by atoms with Gasteiger partial charge >= 0.3 is 5.97 Å². The van der Waals surface area contributed by atoms with E-state index in [-0.39, 0.29) is 18.6 Å². The monoisotopic (exact) mass is 478 g/mol. The van der Waals surface area contributed by atoms with Crippen molar-refractivity contribution in [1.82, 2.24) is 0 Å². The van der Waals surface area contributed by atoms with Gasteiger partial charge in [0.1, 0.15) is 17.6 Å². The van der Waals surface area contributed by atoms with Gasteiger partial charge in [-0.3, -0.25) is 4.79 Å². The Morgan fingerprint density at radius 2 is 1.63 bits per heavy atom. The fourth-order valence-electron chi connectivity index (χ4n) is 6.22. The molecular weight excluding hydrogens is 440 g/mol. The van der Waals surface area contributed by atoms with Crippen molar-refractivity contribution in [1.29, 1.82) is 0 Å². The first-order valence-corrected chi connectivity index (χ1v) is 13.3. The fraction of sp³-hybridized carbons (Fsp3) is 0.552. The third-order valence-electron chi connectivity index (χ3n) is 8.07. The van der Waals surface area contributed by atoms with E-state index in [2.05, 4.69) is 40.1 Å². The lowest BCUT2D eigenvalue weighted by atomic mass is 9.94. The molecule has 1 aliphatic carbocycles. The highest BCUT2D eigenvalue weighted by Gasteiger charge is 2.28. The van der Waals surface area contributed by atoms with Crippen LogP contribution in [0.3, 0.4) is 0 Å². The summed E-state index contributed by atoms with van der Waals surface area (Å²) in [5, 5.41) is 9.20. The van der Waals surface area contributed by atoms with Crippen LogP contribution in [0.5, 0.6) is 11.5 Å². The van der Waals surface area contributed by atoms with Gasteiger partial charge in [0.15, 0.2) is 0 Å². The summed E-state index contributed by atoms with van der Waals surface area (Å²) < 4.78 is 11.9. The molecule has 1 N–H and O–H groups in total. The zero-order valence-corrected chi connectivity index (χ0v) is 20.8. The molecule has 1 unspecified atom stereocenters. The smallest absolute Gasteiger partial charge is 0.305 e. The average molecular weight is 479 g/mol. The van der Waals surface area contributed by atoms with Crippen LogP contribution in [0.1, 0.15) is 69.3 Å². The Bertz CT molecular complexity index is 994. The lowest BCUT2D eigenvalue weighted by Gasteiger charge is -2.36. The molecule has 35 heavy (non-hydrogen) atoms. The summed E-state index contributed by atoms with van der Waals surface area (Å²) in [6, 6.07) is 15.0. The molecule has 5 rings (SSSR count). The van der Waals surface area contributed by atoms with E-state index in [9.17, 15) is 9.90 Å². The molecule has 1 saturated carbocycles. The Kier molecular flexibility index (Phi) is 7.35. The summed E-state index contributed by atoms with van der Waals surface area (Å²) in [7, 11) is 1.75. The molecule has 2 aliphatic heterocycles. The first-order chi connectivity index (χ1) is 17.1. The van der Waals surface area contributed by atoms with Gasteiger partial charge in [0.2, 0.25) is 0 Å². The standard InChI is InChI=1S/C29H38N2O4/c1-34-26-12-13-27(21-5-2-3-6-21)28(20-26)30-17-14-25(15-18-30)35-24-10-8-22(9-11-24)31-16-4-7-23(31)19-29(32)33/h8-13,20-21,23,25H,2-7,14-19H2,1H3,(H,32,33). The molecule has 2 saturated heterocycles. The zero-order valence-electron chi connectivity index (χ0n) is 20.8. The number of anilines is 2.